The molecule has 6 nitrogen and oxygen atoms in total. The molecule has 0 fully saturated rings. The number of nitrogens with two attached hydrogens (primary N) is 2. The van der Waals surface area contributed by atoms with Gasteiger partial charge in [0, 0.05) is 12.6 Å². The van der Waals surface area contributed by atoms with E-state index in [0.717, 1.165) is 5.56 Å². The number of rotatable bonds is 4. The van der Waals surface area contributed by atoms with E-state index in [1.807, 2.05) is 21.7 Å². The van der Waals surface area contributed by atoms with Crippen molar-refractivity contribution in [3.63, 3.8) is 0 Å². The average molecular weight is 356 g/mol. The number of ether oxygens (including phenoxy) is 1. The van der Waals surface area contributed by atoms with Gasteiger partial charge in [-0.1, -0.05) is 11.6 Å². The molecule has 1 aliphatic rings. The summed E-state index contributed by atoms with van der Waals surface area (Å²) in [7, 11) is 0. The quantitative estimate of drug-likeness (QED) is 0.338. The first kappa shape index (κ1) is 15.9. The molecule has 0 spiro atoms. The summed E-state index contributed by atoms with van der Waals surface area (Å²) in [5, 5.41) is 7.64. The molecule has 1 aromatic heterocycles. The number of nitrogens with zero attached hydrogens (tertiary/aromatic N) is 2. The van der Waals surface area contributed by atoms with E-state index in [2.05, 4.69) is 10.6 Å². The Hall–Kier alpha value is -2.03. The van der Waals surface area contributed by atoms with Crippen molar-refractivity contribution in [2.45, 2.75) is 6.54 Å². The minimum Gasteiger partial charge on any atom is -0.489 e. The fraction of sp³-hybridized carbons (Fsp3) is 0.214. The molecule has 2 aromatic rings. The van der Waals surface area contributed by atoms with Crippen LogP contribution >= 0.6 is 22.9 Å². The van der Waals surface area contributed by atoms with E-state index in [-0.39, 0.29) is 16.4 Å². The number of amidine groups is 1. The number of hydrazone groups is 1. The third-order valence-electron chi connectivity index (χ3n) is 3.49. The van der Waals surface area contributed by atoms with Crippen molar-refractivity contribution in [3.05, 3.63) is 44.9 Å². The Morgan fingerprint density at radius 1 is 1.57 bits per heavy atom. The van der Waals surface area contributed by atoms with Crippen LogP contribution in [0, 0.1) is 5.82 Å². The van der Waals surface area contributed by atoms with Gasteiger partial charge in [0.05, 0.1) is 22.8 Å². The van der Waals surface area contributed by atoms with Crippen LogP contribution in [0.3, 0.4) is 0 Å². The van der Waals surface area contributed by atoms with E-state index in [4.69, 9.17) is 27.9 Å². The maximum atomic E-state index is 14.6. The molecule has 0 bridgehead atoms. The number of nitrogens with one attached hydrogen (secondary N) is 1. The molecule has 0 radical (unpaired) electrons. The van der Waals surface area contributed by atoms with Gasteiger partial charge in [0.1, 0.15) is 12.4 Å². The molecule has 1 aromatic carbocycles. The topological polar surface area (TPSA) is 88.9 Å². The number of benzene rings is 1. The first-order valence-corrected chi connectivity index (χ1v) is 8.14. The summed E-state index contributed by atoms with van der Waals surface area (Å²) in [6.07, 6.45) is 0. The van der Waals surface area contributed by atoms with Crippen molar-refractivity contribution in [1.29, 1.82) is 0 Å². The number of anilines is 1. The summed E-state index contributed by atoms with van der Waals surface area (Å²) in [4.78, 5) is 1.99. The van der Waals surface area contributed by atoms with Gasteiger partial charge in [0.25, 0.3) is 0 Å². The summed E-state index contributed by atoms with van der Waals surface area (Å²) in [6.45, 7) is 1.68. The molecule has 2 heterocycles. The zero-order valence-corrected chi connectivity index (χ0v) is 13.6. The van der Waals surface area contributed by atoms with Crippen molar-refractivity contribution >= 4 is 34.5 Å². The monoisotopic (exact) mass is 355 g/mol. The lowest BCUT2D eigenvalue weighted by atomic mass is 10.1. The van der Waals surface area contributed by atoms with E-state index >= 15 is 0 Å². The number of hydrazine groups is 1. The smallest absolute Gasteiger partial charge is 0.157 e. The number of thiophene rings is 1. The minimum absolute atomic E-state index is 0.0775. The SMILES string of the molecule is NN/N=C(\N)c1c(F)c(Cl)cc2c1N(Cc1ccsc1)CCO2. The zero-order chi connectivity index (χ0) is 16.4. The molecule has 5 N–H and O–H groups in total. The summed E-state index contributed by atoms with van der Waals surface area (Å²) >= 11 is 7.56. The summed E-state index contributed by atoms with van der Waals surface area (Å²) in [6, 6.07) is 3.48. The van der Waals surface area contributed by atoms with Crippen molar-refractivity contribution < 1.29 is 9.13 Å². The number of hydrogen-bond donors (Lipinski definition) is 3. The van der Waals surface area contributed by atoms with Crippen LogP contribution in [0.15, 0.2) is 28.0 Å². The van der Waals surface area contributed by atoms with Crippen molar-refractivity contribution in [2.24, 2.45) is 16.7 Å². The van der Waals surface area contributed by atoms with Crippen molar-refractivity contribution in [1.82, 2.24) is 5.53 Å². The highest BCUT2D eigenvalue weighted by Crippen LogP contribution is 2.40. The molecule has 122 valence electrons. The van der Waals surface area contributed by atoms with E-state index < -0.39 is 5.82 Å². The Labute approximate surface area is 141 Å². The van der Waals surface area contributed by atoms with Gasteiger partial charge in [-0.15, -0.1) is 5.10 Å². The van der Waals surface area contributed by atoms with Gasteiger partial charge in [-0.25, -0.2) is 15.8 Å². The fourth-order valence-corrected chi connectivity index (χ4v) is 3.37. The molecule has 0 saturated heterocycles. The minimum atomic E-state index is -0.650. The molecule has 3 rings (SSSR count). The molecular formula is C14H15ClFN5OS. The molecule has 1 aliphatic heterocycles. The summed E-state index contributed by atoms with van der Waals surface area (Å²) in [5.74, 6) is 4.89. The van der Waals surface area contributed by atoms with Gasteiger partial charge in [-0.3, -0.25) is 0 Å². The van der Waals surface area contributed by atoms with Crippen molar-refractivity contribution in [3.8, 4) is 5.75 Å². The molecule has 0 aliphatic carbocycles. The van der Waals surface area contributed by atoms with Gasteiger partial charge >= 0.3 is 0 Å². The molecule has 0 atom stereocenters. The second-order valence-electron chi connectivity index (χ2n) is 4.92. The maximum Gasteiger partial charge on any atom is 0.157 e. The first-order chi connectivity index (χ1) is 11.1. The van der Waals surface area contributed by atoms with E-state index in [1.54, 1.807) is 11.3 Å². The van der Waals surface area contributed by atoms with Crippen LogP contribution in [0.2, 0.25) is 5.02 Å². The Balaban J connectivity index is 2.12. The Morgan fingerprint density at radius 2 is 2.39 bits per heavy atom. The number of halogens is 2. The standard InChI is InChI=1S/C14H15ClFN5OS/c15-9-5-10-13(11(12(9)16)14(17)19-20-18)21(2-3-22-10)6-8-1-4-23-7-8/h1,4-5,7,20H,2-3,6,18H2,(H2,17,19). The van der Waals surface area contributed by atoms with Crippen LogP contribution in [0.4, 0.5) is 10.1 Å². The summed E-state index contributed by atoms with van der Waals surface area (Å²) < 4.78 is 20.2. The Morgan fingerprint density at radius 3 is 3.09 bits per heavy atom. The highest BCUT2D eigenvalue weighted by atomic mass is 35.5. The highest BCUT2D eigenvalue weighted by Gasteiger charge is 2.28. The van der Waals surface area contributed by atoms with Gasteiger partial charge in [0.15, 0.2) is 11.7 Å². The van der Waals surface area contributed by atoms with Crippen LogP contribution in [-0.2, 0) is 6.54 Å². The summed E-state index contributed by atoms with van der Waals surface area (Å²) in [5.41, 5.74) is 9.67. The second kappa shape index (κ2) is 6.61. The largest absolute Gasteiger partial charge is 0.489 e. The number of fused-ring (bicyclic) bond motifs is 1. The normalized spacial score (nSPS) is 14.4. The lowest BCUT2D eigenvalue weighted by molar-refractivity contribution is 0.306. The van der Waals surface area contributed by atoms with Gasteiger partial charge in [-0.2, -0.15) is 11.3 Å². The number of hydrogen-bond acceptors (Lipinski definition) is 6. The van der Waals surface area contributed by atoms with Crippen LogP contribution in [0.1, 0.15) is 11.1 Å². The van der Waals surface area contributed by atoms with Crippen LogP contribution in [0.25, 0.3) is 0 Å². The lowest BCUT2D eigenvalue weighted by Crippen LogP contribution is -2.35. The molecular weight excluding hydrogens is 341 g/mol. The van der Waals surface area contributed by atoms with Crippen LogP contribution in [-0.4, -0.2) is 19.0 Å². The molecule has 0 amide bonds. The van der Waals surface area contributed by atoms with Gasteiger partial charge in [-0.05, 0) is 22.4 Å². The maximum absolute atomic E-state index is 14.6. The van der Waals surface area contributed by atoms with Crippen LogP contribution < -0.4 is 26.7 Å². The Bertz CT molecular complexity index is 737. The third kappa shape index (κ3) is 3.05. The van der Waals surface area contributed by atoms with E-state index in [1.165, 1.54) is 6.07 Å². The predicted molar refractivity (Wildman–Crippen MR) is 90.3 cm³/mol. The molecule has 0 saturated carbocycles. The first-order valence-electron chi connectivity index (χ1n) is 6.81. The van der Waals surface area contributed by atoms with Crippen molar-refractivity contribution in [2.75, 3.05) is 18.1 Å². The Kier molecular flexibility index (Phi) is 4.56. The third-order valence-corrected chi connectivity index (χ3v) is 4.49. The molecule has 23 heavy (non-hydrogen) atoms. The molecule has 9 heteroatoms. The van der Waals surface area contributed by atoms with E-state index in [0.29, 0.717) is 31.1 Å². The highest BCUT2D eigenvalue weighted by molar-refractivity contribution is 7.07. The van der Waals surface area contributed by atoms with E-state index in [9.17, 15) is 4.39 Å². The fourth-order valence-electron chi connectivity index (χ4n) is 2.52. The van der Waals surface area contributed by atoms with Crippen LogP contribution in [0.5, 0.6) is 5.75 Å². The predicted octanol–water partition coefficient (Wildman–Crippen LogP) is 2.02. The molecule has 0 unspecified atom stereocenters. The lowest BCUT2D eigenvalue weighted by Gasteiger charge is -2.33. The van der Waals surface area contributed by atoms with Gasteiger partial charge in [0.2, 0.25) is 0 Å². The van der Waals surface area contributed by atoms with Gasteiger partial charge < -0.3 is 15.4 Å². The second-order valence-corrected chi connectivity index (χ2v) is 6.11. The average Bonchev–Trinajstić information content (AvgIpc) is 3.02. The zero-order valence-electron chi connectivity index (χ0n) is 12.1.